The van der Waals surface area contributed by atoms with Gasteiger partial charge in [0.05, 0.1) is 13.2 Å². The molecule has 0 unspecified atom stereocenters. The van der Waals surface area contributed by atoms with E-state index in [0.717, 1.165) is 27.6 Å². The third-order valence-electron chi connectivity index (χ3n) is 4.21. The van der Waals surface area contributed by atoms with Crippen molar-refractivity contribution in [2.45, 2.75) is 19.9 Å². The van der Waals surface area contributed by atoms with Crippen LogP contribution in [0.5, 0.6) is 5.75 Å². The predicted molar refractivity (Wildman–Crippen MR) is 97.6 cm³/mol. The largest absolute Gasteiger partial charge is 0.496 e. The summed E-state index contributed by atoms with van der Waals surface area (Å²) in [5.41, 5.74) is 2.77. The lowest BCUT2D eigenvalue weighted by molar-refractivity contribution is 0.0939. The van der Waals surface area contributed by atoms with Crippen LogP contribution in [0, 0.1) is 6.92 Å². The van der Waals surface area contributed by atoms with Crippen molar-refractivity contribution >= 4 is 16.7 Å². The van der Waals surface area contributed by atoms with Crippen LogP contribution in [0.25, 0.3) is 10.8 Å². The summed E-state index contributed by atoms with van der Waals surface area (Å²) in [6.07, 6.45) is 0. The van der Waals surface area contributed by atoms with Gasteiger partial charge >= 0.3 is 0 Å². The maximum absolute atomic E-state index is 12.6. The van der Waals surface area contributed by atoms with Gasteiger partial charge in [0, 0.05) is 11.1 Å². The number of hydrogen-bond acceptors (Lipinski definition) is 2. The Morgan fingerprint density at radius 3 is 2.50 bits per heavy atom. The van der Waals surface area contributed by atoms with Gasteiger partial charge in [-0.25, -0.2) is 0 Å². The minimum Gasteiger partial charge on any atom is -0.496 e. The first-order valence-corrected chi connectivity index (χ1v) is 8.02. The Kier molecular flexibility index (Phi) is 4.52. The molecule has 0 aliphatic heterocycles. The second-order valence-electron chi connectivity index (χ2n) is 6.00. The zero-order chi connectivity index (χ0) is 17.1. The second kappa shape index (κ2) is 6.75. The quantitative estimate of drug-likeness (QED) is 0.760. The predicted octanol–water partition coefficient (Wildman–Crippen LogP) is 4.65. The van der Waals surface area contributed by atoms with Gasteiger partial charge in [0.15, 0.2) is 0 Å². The molecule has 3 heteroatoms. The van der Waals surface area contributed by atoms with E-state index in [0.29, 0.717) is 5.56 Å². The number of rotatable bonds is 4. The van der Waals surface area contributed by atoms with Crippen molar-refractivity contribution in [2.24, 2.45) is 0 Å². The maximum Gasteiger partial charge on any atom is 0.251 e. The molecule has 0 saturated carbocycles. The van der Waals surface area contributed by atoms with E-state index in [1.165, 1.54) is 0 Å². The Balaban J connectivity index is 1.84. The van der Waals surface area contributed by atoms with E-state index in [-0.39, 0.29) is 11.9 Å². The van der Waals surface area contributed by atoms with Crippen LogP contribution in [0.4, 0.5) is 0 Å². The summed E-state index contributed by atoms with van der Waals surface area (Å²) in [5.74, 6) is 0.698. The molecule has 1 atom stereocenters. The van der Waals surface area contributed by atoms with Gasteiger partial charge in [0.1, 0.15) is 5.75 Å². The molecule has 0 aromatic heterocycles. The topological polar surface area (TPSA) is 38.3 Å². The van der Waals surface area contributed by atoms with Crippen LogP contribution in [-0.2, 0) is 0 Å². The van der Waals surface area contributed by atoms with Gasteiger partial charge in [-0.1, -0.05) is 48.0 Å². The van der Waals surface area contributed by atoms with E-state index in [1.807, 2.05) is 74.5 Å². The number of carbonyl (C=O) groups is 1. The second-order valence-corrected chi connectivity index (χ2v) is 6.00. The maximum atomic E-state index is 12.6. The molecular formula is C21H21NO2. The summed E-state index contributed by atoms with van der Waals surface area (Å²) in [6, 6.07) is 19.6. The molecule has 0 fully saturated rings. The first kappa shape index (κ1) is 16.1. The molecule has 0 radical (unpaired) electrons. The number of fused-ring (bicyclic) bond motifs is 1. The van der Waals surface area contributed by atoms with Gasteiger partial charge in [-0.15, -0.1) is 0 Å². The summed E-state index contributed by atoms with van der Waals surface area (Å²) >= 11 is 0. The fraction of sp³-hybridized carbons (Fsp3) is 0.190. The molecule has 0 aliphatic carbocycles. The minimum atomic E-state index is -0.140. The lowest BCUT2D eigenvalue weighted by atomic mass is 10.0. The zero-order valence-electron chi connectivity index (χ0n) is 14.2. The first-order valence-electron chi connectivity index (χ1n) is 8.02. The van der Waals surface area contributed by atoms with Crippen LogP contribution in [0.15, 0.2) is 60.7 Å². The van der Waals surface area contributed by atoms with Crippen molar-refractivity contribution in [1.29, 1.82) is 0 Å². The number of ether oxygens (including phenoxy) is 1. The van der Waals surface area contributed by atoms with Crippen molar-refractivity contribution in [1.82, 2.24) is 5.32 Å². The van der Waals surface area contributed by atoms with Crippen LogP contribution >= 0.6 is 0 Å². The fourth-order valence-corrected chi connectivity index (χ4v) is 2.88. The molecule has 3 aromatic rings. The van der Waals surface area contributed by atoms with Crippen molar-refractivity contribution in [3.05, 3.63) is 77.4 Å². The number of benzene rings is 3. The summed E-state index contributed by atoms with van der Waals surface area (Å²) < 4.78 is 5.42. The molecule has 3 rings (SSSR count). The van der Waals surface area contributed by atoms with Gasteiger partial charge in [0.25, 0.3) is 5.91 Å². The van der Waals surface area contributed by atoms with Crippen molar-refractivity contribution in [3.63, 3.8) is 0 Å². The molecule has 0 heterocycles. The Morgan fingerprint density at radius 2 is 1.75 bits per heavy atom. The summed E-state index contributed by atoms with van der Waals surface area (Å²) in [5, 5.41) is 5.25. The van der Waals surface area contributed by atoms with E-state index in [4.69, 9.17) is 4.74 Å². The van der Waals surface area contributed by atoms with Crippen LogP contribution in [-0.4, -0.2) is 13.0 Å². The fourth-order valence-electron chi connectivity index (χ4n) is 2.88. The smallest absolute Gasteiger partial charge is 0.251 e. The molecule has 1 N–H and O–H groups in total. The van der Waals surface area contributed by atoms with Crippen LogP contribution in [0.3, 0.4) is 0 Å². The van der Waals surface area contributed by atoms with E-state index in [2.05, 4.69) is 5.32 Å². The number of methoxy groups -OCH3 is 1. The van der Waals surface area contributed by atoms with Crippen molar-refractivity contribution in [2.75, 3.05) is 7.11 Å². The number of nitrogens with one attached hydrogen (secondary N) is 1. The molecule has 3 aromatic carbocycles. The Labute approximate surface area is 142 Å². The highest BCUT2D eigenvalue weighted by Gasteiger charge is 2.15. The van der Waals surface area contributed by atoms with Gasteiger partial charge in [-0.3, -0.25) is 4.79 Å². The third-order valence-corrected chi connectivity index (χ3v) is 4.21. The highest BCUT2D eigenvalue weighted by molar-refractivity contribution is 5.98. The van der Waals surface area contributed by atoms with Crippen LogP contribution in [0.1, 0.15) is 34.5 Å². The standard InChI is InChI=1S/C21H21NO2/c1-14-8-11-20(24-3)19(12-14)15(2)22-21(23)18-10-9-16-6-4-5-7-17(16)13-18/h4-13,15H,1-3H3,(H,22,23)/t15-/m0/s1. The normalized spacial score (nSPS) is 12.0. The molecule has 0 bridgehead atoms. The Morgan fingerprint density at radius 1 is 1.00 bits per heavy atom. The highest BCUT2D eigenvalue weighted by Crippen LogP contribution is 2.26. The summed E-state index contributed by atoms with van der Waals surface area (Å²) in [4.78, 5) is 12.6. The van der Waals surface area contributed by atoms with Gasteiger partial charge in [-0.05, 0) is 42.8 Å². The minimum absolute atomic E-state index is 0.0863. The van der Waals surface area contributed by atoms with E-state index in [1.54, 1.807) is 7.11 Å². The average molecular weight is 319 g/mol. The number of carbonyl (C=O) groups excluding carboxylic acids is 1. The third kappa shape index (κ3) is 3.25. The van der Waals surface area contributed by atoms with Gasteiger partial charge in [0.2, 0.25) is 0 Å². The molecule has 0 saturated heterocycles. The Hall–Kier alpha value is -2.81. The van der Waals surface area contributed by atoms with Crippen molar-refractivity contribution in [3.8, 4) is 5.75 Å². The molecule has 122 valence electrons. The van der Waals surface area contributed by atoms with E-state index in [9.17, 15) is 4.79 Å². The van der Waals surface area contributed by atoms with Gasteiger partial charge in [-0.2, -0.15) is 0 Å². The first-order chi connectivity index (χ1) is 11.6. The zero-order valence-corrected chi connectivity index (χ0v) is 14.2. The molecule has 1 amide bonds. The van der Waals surface area contributed by atoms with Crippen molar-refractivity contribution < 1.29 is 9.53 Å². The molecular weight excluding hydrogens is 298 g/mol. The number of hydrogen-bond donors (Lipinski definition) is 1. The number of aryl methyl sites for hydroxylation is 1. The lowest BCUT2D eigenvalue weighted by Gasteiger charge is -2.18. The molecule has 0 spiro atoms. The molecule has 24 heavy (non-hydrogen) atoms. The van der Waals surface area contributed by atoms with E-state index >= 15 is 0 Å². The molecule has 0 aliphatic rings. The monoisotopic (exact) mass is 319 g/mol. The van der Waals surface area contributed by atoms with E-state index < -0.39 is 0 Å². The van der Waals surface area contributed by atoms with Gasteiger partial charge < -0.3 is 10.1 Å². The van der Waals surface area contributed by atoms with Crippen LogP contribution in [0.2, 0.25) is 0 Å². The number of amides is 1. The highest BCUT2D eigenvalue weighted by atomic mass is 16.5. The summed E-state index contributed by atoms with van der Waals surface area (Å²) in [7, 11) is 1.64. The SMILES string of the molecule is COc1ccc(C)cc1[C@H](C)NC(=O)c1ccc2ccccc2c1. The average Bonchev–Trinajstić information content (AvgIpc) is 2.61. The molecule has 3 nitrogen and oxygen atoms in total. The Bertz CT molecular complexity index is 886. The summed E-state index contributed by atoms with van der Waals surface area (Å²) in [6.45, 7) is 4.00. The van der Waals surface area contributed by atoms with Crippen LogP contribution < -0.4 is 10.1 Å². The lowest BCUT2D eigenvalue weighted by Crippen LogP contribution is -2.27.